The van der Waals surface area contributed by atoms with Crippen LogP contribution in [0.4, 0.5) is 0 Å². The van der Waals surface area contributed by atoms with E-state index in [4.69, 9.17) is 0 Å². The Labute approximate surface area is 82.0 Å². The highest BCUT2D eigenvalue weighted by Crippen LogP contribution is 2.21. The summed E-state index contributed by atoms with van der Waals surface area (Å²) in [6, 6.07) is 6.62. The van der Waals surface area contributed by atoms with E-state index in [0.29, 0.717) is 0 Å². The molecule has 1 aromatic rings. The van der Waals surface area contributed by atoms with Gasteiger partial charge in [0, 0.05) is 0 Å². The van der Waals surface area contributed by atoms with Gasteiger partial charge in [0.1, 0.15) is 0 Å². The van der Waals surface area contributed by atoms with Crippen LogP contribution in [0.3, 0.4) is 0 Å². The summed E-state index contributed by atoms with van der Waals surface area (Å²) in [6.45, 7) is 8.82. The molecule has 0 aliphatic rings. The minimum atomic E-state index is 1.20. The van der Waals surface area contributed by atoms with Crippen molar-refractivity contribution in [1.29, 1.82) is 0 Å². The standard InChI is InChI=1S/C13H19/c1-5-7-12-8-6-9-13(10(2)3)11(12)4/h6,8-9H,5,7H2,1-4H3. The second-order valence-electron chi connectivity index (χ2n) is 3.84. The molecule has 0 saturated heterocycles. The molecule has 0 heteroatoms. The van der Waals surface area contributed by atoms with E-state index in [-0.39, 0.29) is 0 Å². The minimum absolute atomic E-state index is 1.20. The van der Waals surface area contributed by atoms with Gasteiger partial charge in [0.2, 0.25) is 0 Å². The molecule has 0 nitrogen and oxygen atoms in total. The fraction of sp³-hybridized carbons (Fsp3) is 0.462. The van der Waals surface area contributed by atoms with Crippen LogP contribution in [-0.2, 0) is 6.42 Å². The lowest BCUT2D eigenvalue weighted by Crippen LogP contribution is -1.97. The van der Waals surface area contributed by atoms with Crippen molar-refractivity contribution >= 4 is 0 Å². The van der Waals surface area contributed by atoms with Gasteiger partial charge >= 0.3 is 0 Å². The van der Waals surface area contributed by atoms with E-state index in [1.807, 2.05) is 0 Å². The van der Waals surface area contributed by atoms with E-state index in [9.17, 15) is 0 Å². The summed E-state index contributed by atoms with van der Waals surface area (Å²) in [5.74, 6) is 1.41. The largest absolute Gasteiger partial charge is 0.0651 e. The first-order chi connectivity index (χ1) is 6.16. The summed E-state index contributed by atoms with van der Waals surface area (Å²) in [5.41, 5.74) is 4.39. The van der Waals surface area contributed by atoms with E-state index in [2.05, 4.69) is 45.9 Å². The molecule has 0 amide bonds. The zero-order valence-electron chi connectivity index (χ0n) is 9.15. The zero-order valence-corrected chi connectivity index (χ0v) is 9.15. The summed E-state index contributed by atoms with van der Waals surface area (Å²) < 4.78 is 0. The lowest BCUT2D eigenvalue weighted by molar-refractivity contribution is 0.907. The molecule has 0 aromatic heterocycles. The number of benzene rings is 1. The molecule has 0 N–H and O–H groups in total. The van der Waals surface area contributed by atoms with Gasteiger partial charge in [-0.3, -0.25) is 0 Å². The SMILES string of the molecule is CCCc1cccc([C](C)C)c1C. The van der Waals surface area contributed by atoms with Crippen LogP contribution in [0.15, 0.2) is 18.2 Å². The fourth-order valence-corrected chi connectivity index (χ4v) is 1.77. The van der Waals surface area contributed by atoms with Crippen molar-refractivity contribution < 1.29 is 0 Å². The zero-order chi connectivity index (χ0) is 9.84. The quantitative estimate of drug-likeness (QED) is 0.653. The first kappa shape index (κ1) is 10.3. The summed E-state index contributed by atoms with van der Waals surface area (Å²) in [7, 11) is 0. The van der Waals surface area contributed by atoms with E-state index < -0.39 is 0 Å². The van der Waals surface area contributed by atoms with Gasteiger partial charge < -0.3 is 0 Å². The third-order valence-corrected chi connectivity index (χ3v) is 2.50. The molecule has 0 aliphatic carbocycles. The third kappa shape index (κ3) is 2.33. The summed E-state index contributed by atoms with van der Waals surface area (Å²) in [5, 5.41) is 0. The van der Waals surface area contributed by atoms with Crippen LogP contribution in [0.2, 0.25) is 0 Å². The van der Waals surface area contributed by atoms with Gasteiger partial charge in [0.05, 0.1) is 0 Å². The van der Waals surface area contributed by atoms with Crippen molar-refractivity contribution in [3.05, 3.63) is 40.8 Å². The van der Waals surface area contributed by atoms with Crippen molar-refractivity contribution in [3.63, 3.8) is 0 Å². The van der Waals surface area contributed by atoms with Gasteiger partial charge in [-0.05, 0) is 36.0 Å². The van der Waals surface area contributed by atoms with Crippen molar-refractivity contribution in [2.45, 2.75) is 40.5 Å². The first-order valence-corrected chi connectivity index (χ1v) is 5.05. The second kappa shape index (κ2) is 4.45. The number of rotatable bonds is 3. The predicted octanol–water partition coefficient (Wildman–Crippen LogP) is 3.91. The molecule has 1 aromatic carbocycles. The molecular weight excluding hydrogens is 156 g/mol. The molecule has 0 spiro atoms. The Morgan fingerprint density at radius 3 is 2.46 bits per heavy atom. The van der Waals surface area contributed by atoms with Gasteiger partial charge in [-0.2, -0.15) is 0 Å². The van der Waals surface area contributed by atoms with Crippen LogP contribution < -0.4 is 0 Å². The van der Waals surface area contributed by atoms with Crippen LogP contribution in [0.25, 0.3) is 0 Å². The predicted molar refractivity (Wildman–Crippen MR) is 58.9 cm³/mol. The molecular formula is C13H19. The second-order valence-corrected chi connectivity index (χ2v) is 3.84. The maximum atomic E-state index is 2.24. The lowest BCUT2D eigenvalue weighted by Gasteiger charge is -2.12. The topological polar surface area (TPSA) is 0 Å². The molecule has 0 bridgehead atoms. The van der Waals surface area contributed by atoms with Gasteiger partial charge in [0.25, 0.3) is 0 Å². The molecule has 0 heterocycles. The summed E-state index contributed by atoms with van der Waals surface area (Å²) in [6.07, 6.45) is 2.43. The van der Waals surface area contributed by atoms with E-state index in [1.54, 1.807) is 0 Å². The maximum Gasteiger partial charge on any atom is -0.000923 e. The average Bonchev–Trinajstić information content (AvgIpc) is 2.08. The third-order valence-electron chi connectivity index (χ3n) is 2.50. The summed E-state index contributed by atoms with van der Waals surface area (Å²) >= 11 is 0. The van der Waals surface area contributed by atoms with Crippen molar-refractivity contribution in [3.8, 4) is 0 Å². The lowest BCUT2D eigenvalue weighted by atomic mass is 9.93. The highest BCUT2D eigenvalue weighted by Gasteiger charge is 2.06. The van der Waals surface area contributed by atoms with E-state index in [1.165, 1.54) is 35.4 Å². The van der Waals surface area contributed by atoms with Gasteiger partial charge in [0.15, 0.2) is 0 Å². The maximum absolute atomic E-state index is 2.24. The van der Waals surface area contributed by atoms with E-state index in [0.717, 1.165) is 0 Å². The minimum Gasteiger partial charge on any atom is -0.0651 e. The molecule has 0 atom stereocenters. The fourth-order valence-electron chi connectivity index (χ4n) is 1.77. The van der Waals surface area contributed by atoms with Crippen LogP contribution in [0.1, 0.15) is 43.9 Å². The van der Waals surface area contributed by atoms with Crippen LogP contribution >= 0.6 is 0 Å². The Kier molecular flexibility index (Phi) is 3.53. The van der Waals surface area contributed by atoms with Gasteiger partial charge in [-0.15, -0.1) is 0 Å². The van der Waals surface area contributed by atoms with Gasteiger partial charge in [-0.25, -0.2) is 0 Å². The Balaban J connectivity index is 3.03. The summed E-state index contributed by atoms with van der Waals surface area (Å²) in [4.78, 5) is 0. The van der Waals surface area contributed by atoms with Crippen molar-refractivity contribution in [2.24, 2.45) is 0 Å². The normalized spacial score (nSPS) is 10.8. The molecule has 1 radical (unpaired) electrons. The number of aryl methyl sites for hydroxylation is 1. The highest BCUT2D eigenvalue weighted by molar-refractivity contribution is 5.41. The first-order valence-electron chi connectivity index (χ1n) is 5.05. The van der Waals surface area contributed by atoms with E-state index >= 15 is 0 Å². The molecule has 1 rings (SSSR count). The van der Waals surface area contributed by atoms with Gasteiger partial charge in [-0.1, -0.05) is 45.4 Å². The molecule has 0 unspecified atom stereocenters. The number of hydrogen-bond donors (Lipinski definition) is 0. The molecule has 13 heavy (non-hydrogen) atoms. The number of hydrogen-bond acceptors (Lipinski definition) is 0. The smallest absolute Gasteiger partial charge is 0.000923 e. The van der Waals surface area contributed by atoms with Crippen LogP contribution in [-0.4, -0.2) is 0 Å². The Bertz CT molecular complexity index is 271. The molecule has 71 valence electrons. The molecule has 0 aliphatic heterocycles. The van der Waals surface area contributed by atoms with Crippen molar-refractivity contribution in [1.82, 2.24) is 0 Å². The molecule has 0 saturated carbocycles. The Morgan fingerprint density at radius 1 is 1.23 bits per heavy atom. The Morgan fingerprint density at radius 2 is 1.92 bits per heavy atom. The van der Waals surface area contributed by atoms with Crippen molar-refractivity contribution in [2.75, 3.05) is 0 Å². The average molecular weight is 175 g/mol. The molecule has 0 fully saturated rings. The Hall–Kier alpha value is -0.780. The highest BCUT2D eigenvalue weighted by atomic mass is 14.1. The van der Waals surface area contributed by atoms with Crippen LogP contribution in [0.5, 0.6) is 0 Å². The van der Waals surface area contributed by atoms with Crippen LogP contribution in [0, 0.1) is 12.8 Å². The monoisotopic (exact) mass is 175 g/mol.